The van der Waals surface area contributed by atoms with Gasteiger partial charge in [0.05, 0.1) is 0 Å². The fourth-order valence-corrected chi connectivity index (χ4v) is 6.40. The Morgan fingerprint density at radius 3 is 2.38 bits per heavy atom. The number of aryl methyl sites for hydroxylation is 1. The summed E-state index contributed by atoms with van der Waals surface area (Å²) < 4.78 is 0.944. The Balaban J connectivity index is 1.50. The van der Waals surface area contributed by atoms with Gasteiger partial charge in [-0.25, -0.2) is 4.79 Å². The van der Waals surface area contributed by atoms with Crippen LogP contribution in [0.4, 0.5) is 5.69 Å². The lowest BCUT2D eigenvalue weighted by Crippen LogP contribution is -2.52. The molecule has 1 fully saturated rings. The molecule has 4 heteroatoms. The van der Waals surface area contributed by atoms with E-state index in [1.807, 2.05) is 24.3 Å². The van der Waals surface area contributed by atoms with Crippen LogP contribution in [-0.4, -0.2) is 16.6 Å². The molecule has 3 aromatic carbocycles. The number of nitrogens with one attached hydrogen (secondary N) is 1. The van der Waals surface area contributed by atoms with E-state index in [4.69, 9.17) is 0 Å². The van der Waals surface area contributed by atoms with Crippen molar-refractivity contribution in [2.45, 2.75) is 55.9 Å². The first-order valence-electron chi connectivity index (χ1n) is 11.3. The Bertz CT molecular complexity index is 1150. The van der Waals surface area contributed by atoms with Gasteiger partial charge in [-0.15, -0.1) is 0 Å². The lowest BCUT2D eigenvalue weighted by atomic mass is 9.59. The van der Waals surface area contributed by atoms with Crippen molar-refractivity contribution in [3.63, 3.8) is 0 Å². The van der Waals surface area contributed by atoms with Crippen LogP contribution in [0.15, 0.2) is 77.3 Å². The van der Waals surface area contributed by atoms with Crippen LogP contribution in [0.2, 0.25) is 0 Å². The van der Waals surface area contributed by atoms with Crippen molar-refractivity contribution in [2.24, 2.45) is 0 Å². The van der Waals surface area contributed by atoms with Gasteiger partial charge in [0.1, 0.15) is 5.54 Å². The Kier molecular flexibility index (Phi) is 5.37. The number of carboxylic acids is 1. The highest BCUT2D eigenvalue weighted by molar-refractivity contribution is 9.10. The maximum atomic E-state index is 12.5. The molecule has 5 rings (SSSR count). The number of halogens is 1. The minimum absolute atomic E-state index is 0.0102. The molecule has 3 nitrogen and oxygen atoms in total. The van der Waals surface area contributed by atoms with Crippen LogP contribution in [0.3, 0.4) is 0 Å². The largest absolute Gasteiger partial charge is 0.480 e. The summed E-state index contributed by atoms with van der Waals surface area (Å²) in [5.74, 6) is -0.372. The van der Waals surface area contributed by atoms with Crippen molar-refractivity contribution >= 4 is 27.6 Å². The van der Waals surface area contributed by atoms with E-state index < -0.39 is 11.5 Å². The lowest BCUT2D eigenvalue weighted by Gasteiger charge is -2.47. The van der Waals surface area contributed by atoms with Crippen LogP contribution in [-0.2, 0) is 16.6 Å². The highest BCUT2D eigenvalue weighted by Crippen LogP contribution is 2.58. The monoisotopic (exact) mass is 489 g/mol. The Morgan fingerprint density at radius 1 is 0.969 bits per heavy atom. The molecule has 0 radical (unpaired) electrons. The summed E-state index contributed by atoms with van der Waals surface area (Å²) in [6.45, 7) is 2.12. The van der Waals surface area contributed by atoms with Gasteiger partial charge in [0.2, 0.25) is 0 Å². The molecule has 32 heavy (non-hydrogen) atoms. The average Bonchev–Trinajstić information content (AvgIpc) is 3.10. The third-order valence-corrected chi connectivity index (χ3v) is 8.23. The number of fused-ring (bicyclic) bond motifs is 2. The molecule has 1 spiro atoms. The van der Waals surface area contributed by atoms with Gasteiger partial charge in [-0.1, -0.05) is 76.1 Å². The van der Waals surface area contributed by atoms with Crippen LogP contribution in [0.1, 0.15) is 53.9 Å². The Hall–Kier alpha value is -2.59. The first-order valence-corrected chi connectivity index (χ1v) is 12.1. The van der Waals surface area contributed by atoms with Gasteiger partial charge in [-0.3, -0.25) is 0 Å². The van der Waals surface area contributed by atoms with E-state index in [0.29, 0.717) is 18.8 Å². The molecular formula is C28H28BrNO2. The van der Waals surface area contributed by atoms with E-state index in [-0.39, 0.29) is 5.41 Å². The summed E-state index contributed by atoms with van der Waals surface area (Å²) in [5, 5.41) is 13.7. The fraction of sp³-hybridized carbons (Fsp3) is 0.321. The molecule has 1 atom stereocenters. The summed E-state index contributed by atoms with van der Waals surface area (Å²) >= 11 is 3.50. The maximum Gasteiger partial charge on any atom is 0.329 e. The zero-order valence-electron chi connectivity index (χ0n) is 18.3. The van der Waals surface area contributed by atoms with Crippen molar-refractivity contribution in [2.75, 3.05) is 5.32 Å². The minimum Gasteiger partial charge on any atom is -0.480 e. The summed E-state index contributed by atoms with van der Waals surface area (Å²) in [7, 11) is 0. The molecule has 0 aromatic heterocycles. The van der Waals surface area contributed by atoms with Gasteiger partial charge in [0, 0.05) is 15.6 Å². The predicted octanol–water partition coefficient (Wildman–Crippen LogP) is 6.84. The van der Waals surface area contributed by atoms with E-state index in [2.05, 4.69) is 76.7 Å². The quantitative estimate of drug-likeness (QED) is 0.421. The van der Waals surface area contributed by atoms with Gasteiger partial charge in [0.25, 0.3) is 0 Å². The molecule has 2 N–H and O–H groups in total. The van der Waals surface area contributed by atoms with Crippen LogP contribution in [0.25, 0.3) is 0 Å². The summed E-state index contributed by atoms with van der Waals surface area (Å²) in [4.78, 5) is 12.5. The summed E-state index contributed by atoms with van der Waals surface area (Å²) in [5.41, 5.74) is 5.37. The fourth-order valence-electron chi connectivity index (χ4n) is 6.00. The standard InChI is InChI=1S/C28H28BrNO2/c1-19-9-11-20(12-10-19)25-17-21-5-2-3-8-24(21)27(25)13-15-28(16-14-27,26(31)32)30-23-7-4-6-22(29)18-23/h2-12,18,25,30H,13-17H2,1H3,(H,31,32). The van der Waals surface area contributed by atoms with Crippen molar-refractivity contribution in [3.8, 4) is 0 Å². The van der Waals surface area contributed by atoms with Gasteiger partial charge in [0.15, 0.2) is 0 Å². The van der Waals surface area contributed by atoms with Gasteiger partial charge >= 0.3 is 5.97 Å². The summed E-state index contributed by atoms with van der Waals surface area (Å²) in [6.07, 6.45) is 3.95. The maximum absolute atomic E-state index is 12.5. The molecular weight excluding hydrogens is 462 g/mol. The van der Waals surface area contributed by atoms with E-state index >= 15 is 0 Å². The SMILES string of the molecule is Cc1ccc(C2Cc3ccccc3C23CCC(Nc2cccc(Br)c2)(C(=O)O)CC3)cc1. The Labute approximate surface area is 198 Å². The van der Waals surface area contributed by atoms with Crippen molar-refractivity contribution in [1.82, 2.24) is 0 Å². The summed E-state index contributed by atoms with van der Waals surface area (Å²) in [6, 6.07) is 25.5. The first-order chi connectivity index (χ1) is 15.4. The highest BCUT2D eigenvalue weighted by atomic mass is 79.9. The topological polar surface area (TPSA) is 49.3 Å². The van der Waals surface area contributed by atoms with E-state index in [1.54, 1.807) is 0 Å². The normalized spacial score (nSPS) is 26.6. The molecule has 2 aliphatic rings. The number of hydrogen-bond acceptors (Lipinski definition) is 2. The molecule has 0 bridgehead atoms. The Morgan fingerprint density at radius 2 is 1.69 bits per heavy atom. The highest BCUT2D eigenvalue weighted by Gasteiger charge is 2.54. The lowest BCUT2D eigenvalue weighted by molar-refractivity contribution is -0.144. The van der Waals surface area contributed by atoms with Crippen molar-refractivity contribution in [1.29, 1.82) is 0 Å². The molecule has 1 saturated carbocycles. The van der Waals surface area contributed by atoms with Gasteiger partial charge in [-0.2, -0.15) is 0 Å². The molecule has 3 aromatic rings. The number of rotatable bonds is 4. The second-order valence-electron chi connectivity index (χ2n) is 9.50. The van der Waals surface area contributed by atoms with E-state index in [1.165, 1.54) is 22.3 Å². The zero-order chi connectivity index (χ0) is 22.3. The van der Waals surface area contributed by atoms with Crippen LogP contribution in [0.5, 0.6) is 0 Å². The predicted molar refractivity (Wildman–Crippen MR) is 132 cm³/mol. The molecule has 0 aliphatic heterocycles. The molecule has 0 amide bonds. The number of anilines is 1. The third-order valence-electron chi connectivity index (χ3n) is 7.74. The van der Waals surface area contributed by atoms with Crippen LogP contribution >= 0.6 is 15.9 Å². The number of benzene rings is 3. The smallest absolute Gasteiger partial charge is 0.329 e. The third kappa shape index (κ3) is 3.55. The van der Waals surface area contributed by atoms with Crippen LogP contribution < -0.4 is 5.32 Å². The second-order valence-corrected chi connectivity index (χ2v) is 10.4. The molecule has 164 valence electrons. The number of carboxylic acid groups (broad SMARTS) is 1. The van der Waals surface area contributed by atoms with Gasteiger partial charge in [-0.05, 0) is 79.8 Å². The molecule has 0 heterocycles. The minimum atomic E-state index is -0.943. The number of hydrogen-bond donors (Lipinski definition) is 2. The second kappa shape index (κ2) is 8.08. The van der Waals surface area contributed by atoms with Crippen molar-refractivity contribution in [3.05, 3.63) is 99.5 Å². The van der Waals surface area contributed by atoms with Crippen LogP contribution in [0, 0.1) is 6.92 Å². The first kappa shape index (κ1) is 21.3. The molecule has 1 unspecified atom stereocenters. The van der Waals surface area contributed by atoms with Gasteiger partial charge < -0.3 is 10.4 Å². The van der Waals surface area contributed by atoms with E-state index in [0.717, 1.165) is 29.4 Å². The zero-order valence-corrected chi connectivity index (χ0v) is 19.9. The molecule has 2 aliphatic carbocycles. The number of aliphatic carboxylic acids is 1. The average molecular weight is 490 g/mol. The van der Waals surface area contributed by atoms with E-state index in [9.17, 15) is 9.90 Å². The number of carbonyl (C=O) groups is 1. The molecule has 0 saturated heterocycles. The van der Waals surface area contributed by atoms with Crippen molar-refractivity contribution < 1.29 is 9.90 Å².